The summed E-state index contributed by atoms with van der Waals surface area (Å²) in [7, 11) is 0. The third kappa shape index (κ3) is 10.3. The maximum absolute atomic E-state index is 3.62. The molecule has 0 aromatic carbocycles. The lowest BCUT2D eigenvalue weighted by molar-refractivity contribution is 0.770. The Kier molecular flexibility index (Phi) is 13.4. The van der Waals surface area contributed by atoms with E-state index in [4.69, 9.17) is 0 Å². The lowest BCUT2D eigenvalue weighted by Crippen LogP contribution is -2.16. The smallest absolute Gasteiger partial charge is 0.0407 e. The van der Waals surface area contributed by atoms with Crippen LogP contribution >= 0.6 is 0 Å². The van der Waals surface area contributed by atoms with Gasteiger partial charge >= 0.3 is 0 Å². The van der Waals surface area contributed by atoms with Gasteiger partial charge in [-0.2, -0.15) is 0 Å². The van der Waals surface area contributed by atoms with Gasteiger partial charge < -0.3 is 5.32 Å². The van der Waals surface area contributed by atoms with Crippen LogP contribution in [0.2, 0.25) is 0 Å². The van der Waals surface area contributed by atoms with E-state index in [0.29, 0.717) is 6.04 Å². The zero-order valence-corrected chi connectivity index (χ0v) is 7.52. The van der Waals surface area contributed by atoms with E-state index >= 15 is 0 Å². The normalized spacial score (nSPS) is 11.6. The van der Waals surface area contributed by atoms with Crippen LogP contribution in [0.25, 0.3) is 0 Å². The van der Waals surface area contributed by atoms with Crippen LogP contribution in [-0.4, -0.2) is 6.04 Å². The Morgan fingerprint density at radius 2 is 1.90 bits per heavy atom. The Labute approximate surface area is 64.8 Å². The van der Waals surface area contributed by atoms with Gasteiger partial charge in [-0.1, -0.05) is 26.0 Å². The number of rotatable bonds is 3. The lowest BCUT2D eigenvalue weighted by atomic mass is 10.3. The average Bonchev–Trinajstić information content (AvgIpc) is 2.04. The summed E-state index contributed by atoms with van der Waals surface area (Å²) in [6, 6.07) is 0.381. The van der Waals surface area contributed by atoms with Crippen molar-refractivity contribution in [1.29, 1.82) is 0 Å². The van der Waals surface area contributed by atoms with Crippen molar-refractivity contribution >= 4 is 0 Å². The molecule has 0 fully saturated rings. The van der Waals surface area contributed by atoms with E-state index in [1.165, 1.54) is 0 Å². The van der Waals surface area contributed by atoms with E-state index in [9.17, 15) is 0 Å². The summed E-state index contributed by atoms with van der Waals surface area (Å²) in [5.74, 6) is 0. The van der Waals surface area contributed by atoms with E-state index in [-0.39, 0.29) is 0 Å². The van der Waals surface area contributed by atoms with Crippen LogP contribution in [-0.2, 0) is 0 Å². The van der Waals surface area contributed by atoms with E-state index in [1.807, 2.05) is 46.0 Å². The molecule has 1 atom stereocenters. The number of hydrogen-bond acceptors (Lipinski definition) is 1. The van der Waals surface area contributed by atoms with Crippen molar-refractivity contribution in [3.05, 3.63) is 24.9 Å². The molecule has 0 spiro atoms. The van der Waals surface area contributed by atoms with Gasteiger partial charge in [0.15, 0.2) is 0 Å². The highest BCUT2D eigenvalue weighted by molar-refractivity contribution is 4.87. The van der Waals surface area contributed by atoms with Gasteiger partial charge in [0, 0.05) is 6.04 Å². The van der Waals surface area contributed by atoms with Crippen LogP contribution in [0.3, 0.4) is 0 Å². The molecule has 0 bridgehead atoms. The van der Waals surface area contributed by atoms with Crippen LogP contribution in [0, 0.1) is 0 Å². The molecule has 1 unspecified atom stereocenters. The van der Waals surface area contributed by atoms with Crippen LogP contribution < -0.4 is 5.32 Å². The van der Waals surface area contributed by atoms with E-state index in [0.717, 1.165) is 0 Å². The Hall–Kier alpha value is -0.720. The van der Waals surface area contributed by atoms with Crippen molar-refractivity contribution in [3.8, 4) is 0 Å². The summed E-state index contributed by atoms with van der Waals surface area (Å²) in [6.07, 6.45) is 5.73. The number of nitrogens with one attached hydrogen (secondary N) is 1. The zero-order valence-electron chi connectivity index (χ0n) is 7.52. The second-order valence-electron chi connectivity index (χ2n) is 1.69. The molecule has 0 radical (unpaired) electrons. The lowest BCUT2D eigenvalue weighted by Gasteiger charge is -2.02. The third-order valence-electron chi connectivity index (χ3n) is 0.879. The second kappa shape index (κ2) is 11.1. The molecule has 0 aliphatic carbocycles. The molecule has 10 heavy (non-hydrogen) atoms. The fourth-order valence-electron chi connectivity index (χ4n) is 0.316. The van der Waals surface area contributed by atoms with Crippen LogP contribution in [0.1, 0.15) is 27.7 Å². The molecule has 0 aliphatic rings. The Morgan fingerprint density at radius 1 is 1.40 bits per heavy atom. The van der Waals surface area contributed by atoms with E-state index < -0.39 is 0 Å². The molecule has 1 heteroatoms. The van der Waals surface area contributed by atoms with Crippen molar-refractivity contribution < 1.29 is 0 Å². The topological polar surface area (TPSA) is 12.0 Å². The highest BCUT2D eigenvalue weighted by Gasteiger charge is 1.84. The molecule has 0 amide bonds. The fourth-order valence-corrected chi connectivity index (χ4v) is 0.316. The van der Waals surface area contributed by atoms with E-state index in [1.54, 1.807) is 0 Å². The first-order chi connectivity index (χ1) is 4.81. The molecular formula is C9H19N. The summed E-state index contributed by atoms with van der Waals surface area (Å²) in [5, 5.41) is 3.08. The SMILES string of the molecule is C=CC(C)N/C=C\C.CC. The van der Waals surface area contributed by atoms with Gasteiger partial charge in [-0.05, 0) is 20.0 Å². The highest BCUT2D eigenvalue weighted by Crippen LogP contribution is 1.79. The van der Waals surface area contributed by atoms with Gasteiger partial charge in [0.05, 0.1) is 0 Å². The van der Waals surface area contributed by atoms with Gasteiger partial charge in [0.25, 0.3) is 0 Å². The molecule has 0 saturated heterocycles. The summed E-state index contributed by atoms with van der Waals surface area (Å²) >= 11 is 0. The summed E-state index contributed by atoms with van der Waals surface area (Å²) in [5.41, 5.74) is 0. The van der Waals surface area contributed by atoms with Crippen molar-refractivity contribution in [2.75, 3.05) is 0 Å². The standard InChI is InChI=1S/C7H13N.C2H6/c1-4-6-8-7(3)5-2;1-2/h4-8H,2H2,1,3H3;1-2H3/b6-4-;. The van der Waals surface area contributed by atoms with Gasteiger partial charge in [0.1, 0.15) is 0 Å². The van der Waals surface area contributed by atoms with Crippen molar-refractivity contribution in [2.24, 2.45) is 0 Å². The van der Waals surface area contributed by atoms with Crippen LogP contribution in [0.15, 0.2) is 24.9 Å². The minimum atomic E-state index is 0.381. The van der Waals surface area contributed by atoms with Crippen molar-refractivity contribution in [3.63, 3.8) is 0 Å². The molecule has 0 heterocycles. The predicted molar refractivity (Wildman–Crippen MR) is 49.0 cm³/mol. The maximum atomic E-state index is 3.62. The molecule has 60 valence electrons. The number of allylic oxidation sites excluding steroid dienone is 1. The quantitative estimate of drug-likeness (QED) is 0.596. The van der Waals surface area contributed by atoms with Gasteiger partial charge in [-0.25, -0.2) is 0 Å². The first kappa shape index (κ1) is 12.0. The second-order valence-corrected chi connectivity index (χ2v) is 1.69. The molecule has 0 aromatic rings. The Balaban J connectivity index is 0. The maximum Gasteiger partial charge on any atom is 0.0407 e. The monoisotopic (exact) mass is 141 g/mol. The van der Waals surface area contributed by atoms with Crippen molar-refractivity contribution in [2.45, 2.75) is 33.7 Å². The summed E-state index contributed by atoms with van der Waals surface area (Å²) in [4.78, 5) is 0. The van der Waals surface area contributed by atoms with Gasteiger partial charge in [-0.15, -0.1) is 6.58 Å². The fraction of sp³-hybridized carbons (Fsp3) is 0.556. The molecular weight excluding hydrogens is 122 g/mol. The predicted octanol–water partition coefficient (Wildman–Crippen LogP) is 2.71. The Bertz CT molecular complexity index is 84.7. The number of hydrogen-bond donors (Lipinski definition) is 1. The largest absolute Gasteiger partial charge is 0.385 e. The molecule has 0 saturated carbocycles. The molecule has 0 aliphatic heterocycles. The van der Waals surface area contributed by atoms with Gasteiger partial charge in [0.2, 0.25) is 0 Å². The average molecular weight is 141 g/mol. The van der Waals surface area contributed by atoms with Crippen LogP contribution in [0.4, 0.5) is 0 Å². The third-order valence-corrected chi connectivity index (χ3v) is 0.879. The first-order valence-corrected chi connectivity index (χ1v) is 3.81. The highest BCUT2D eigenvalue weighted by atomic mass is 14.9. The zero-order chi connectivity index (χ0) is 8.41. The van der Waals surface area contributed by atoms with E-state index in [2.05, 4.69) is 11.9 Å². The van der Waals surface area contributed by atoms with Gasteiger partial charge in [-0.3, -0.25) is 0 Å². The van der Waals surface area contributed by atoms with Crippen LogP contribution in [0.5, 0.6) is 0 Å². The first-order valence-electron chi connectivity index (χ1n) is 3.81. The summed E-state index contributed by atoms with van der Waals surface area (Å²) < 4.78 is 0. The molecule has 0 aromatic heterocycles. The Morgan fingerprint density at radius 3 is 2.20 bits per heavy atom. The molecule has 1 nitrogen and oxygen atoms in total. The molecule has 1 N–H and O–H groups in total. The minimum Gasteiger partial charge on any atom is -0.385 e. The minimum absolute atomic E-state index is 0.381. The molecule has 0 rings (SSSR count). The van der Waals surface area contributed by atoms with Crippen molar-refractivity contribution in [1.82, 2.24) is 5.32 Å². The summed E-state index contributed by atoms with van der Waals surface area (Å²) in [6.45, 7) is 11.6.